The van der Waals surface area contributed by atoms with Crippen molar-refractivity contribution in [2.75, 3.05) is 0 Å². The molecule has 0 bridgehead atoms. The van der Waals surface area contributed by atoms with Crippen molar-refractivity contribution >= 4 is 11.9 Å². The van der Waals surface area contributed by atoms with Crippen LogP contribution in [0.5, 0.6) is 0 Å². The number of carbonyl (C=O) groups is 1. The van der Waals surface area contributed by atoms with Gasteiger partial charge >= 0.3 is 0 Å². The molecular weight excluding hydrogens is 167 g/mol. The molecule has 13 heavy (non-hydrogen) atoms. The van der Waals surface area contributed by atoms with E-state index in [1.807, 2.05) is 0 Å². The Bertz CT molecular complexity index is 393. The second kappa shape index (κ2) is 2.80. The van der Waals surface area contributed by atoms with Gasteiger partial charge in [-0.25, -0.2) is 4.39 Å². The van der Waals surface area contributed by atoms with E-state index in [0.717, 1.165) is 5.56 Å². The van der Waals surface area contributed by atoms with E-state index in [4.69, 9.17) is 0 Å². The molecule has 0 fully saturated rings. The third-order valence-corrected chi connectivity index (χ3v) is 2.39. The molecule has 0 saturated carbocycles. The number of ketones is 1. The average Bonchev–Trinajstić information content (AvgIpc) is 2.51. The van der Waals surface area contributed by atoms with E-state index in [9.17, 15) is 9.18 Å². The van der Waals surface area contributed by atoms with Crippen LogP contribution >= 0.6 is 0 Å². The molecule has 66 valence electrons. The zero-order chi connectivity index (χ0) is 9.42. The molecule has 0 unspecified atom stereocenters. The Kier molecular flexibility index (Phi) is 1.76. The summed E-state index contributed by atoms with van der Waals surface area (Å²) < 4.78 is 13.2. The number of hydrogen-bond acceptors (Lipinski definition) is 1. The van der Waals surface area contributed by atoms with Gasteiger partial charge in [0.1, 0.15) is 5.82 Å². The molecular formula is C11H9FO. The highest BCUT2D eigenvalue weighted by molar-refractivity contribution is 6.03. The molecule has 0 heterocycles. The first-order valence-corrected chi connectivity index (χ1v) is 4.21. The Morgan fingerprint density at radius 2 is 2.15 bits per heavy atom. The van der Waals surface area contributed by atoms with Gasteiger partial charge in [0.15, 0.2) is 5.78 Å². The highest BCUT2D eigenvalue weighted by atomic mass is 19.1. The number of benzene rings is 1. The van der Waals surface area contributed by atoms with E-state index in [1.165, 1.54) is 6.07 Å². The van der Waals surface area contributed by atoms with E-state index in [2.05, 4.69) is 6.58 Å². The quantitative estimate of drug-likeness (QED) is 0.642. The first kappa shape index (κ1) is 8.17. The van der Waals surface area contributed by atoms with Crippen molar-refractivity contribution < 1.29 is 9.18 Å². The van der Waals surface area contributed by atoms with Crippen LogP contribution in [-0.2, 0) is 6.42 Å². The summed E-state index contributed by atoms with van der Waals surface area (Å²) in [6.07, 6.45) is 2.56. The molecule has 0 aliphatic heterocycles. The summed E-state index contributed by atoms with van der Waals surface area (Å²) >= 11 is 0. The molecule has 0 atom stereocenters. The summed E-state index contributed by atoms with van der Waals surface area (Å²) in [6, 6.07) is 3.00. The van der Waals surface area contributed by atoms with E-state index in [-0.39, 0.29) is 11.6 Å². The monoisotopic (exact) mass is 176 g/mol. The smallest absolute Gasteiger partial charge is 0.164 e. The molecule has 2 heteroatoms. The molecule has 1 nitrogen and oxygen atoms in total. The molecule has 0 N–H and O–H groups in total. The second-order valence-corrected chi connectivity index (χ2v) is 3.12. The lowest BCUT2D eigenvalue weighted by molar-refractivity contribution is 0.0994. The Morgan fingerprint density at radius 3 is 2.85 bits per heavy atom. The van der Waals surface area contributed by atoms with Crippen molar-refractivity contribution in [2.45, 2.75) is 12.8 Å². The highest BCUT2D eigenvalue weighted by Crippen LogP contribution is 2.28. The van der Waals surface area contributed by atoms with Crippen LogP contribution in [0.25, 0.3) is 6.08 Å². The van der Waals surface area contributed by atoms with Crippen LogP contribution in [0, 0.1) is 5.82 Å². The van der Waals surface area contributed by atoms with Crippen LogP contribution in [0.4, 0.5) is 4.39 Å². The predicted octanol–water partition coefficient (Wildman–Crippen LogP) is 2.60. The van der Waals surface area contributed by atoms with Gasteiger partial charge in [0.05, 0.1) is 0 Å². The topological polar surface area (TPSA) is 17.1 Å². The number of carbonyl (C=O) groups excluding carboxylic acids is 1. The lowest BCUT2D eigenvalue weighted by Crippen LogP contribution is -1.96. The minimum Gasteiger partial charge on any atom is -0.294 e. The van der Waals surface area contributed by atoms with Crippen LogP contribution in [0.1, 0.15) is 27.9 Å². The number of rotatable bonds is 1. The second-order valence-electron chi connectivity index (χ2n) is 3.12. The van der Waals surface area contributed by atoms with E-state index < -0.39 is 0 Å². The van der Waals surface area contributed by atoms with E-state index in [1.54, 1.807) is 12.1 Å². The maximum absolute atomic E-state index is 13.2. The third-order valence-electron chi connectivity index (χ3n) is 2.39. The Morgan fingerprint density at radius 1 is 1.38 bits per heavy atom. The lowest BCUT2D eigenvalue weighted by atomic mass is 10.0. The van der Waals surface area contributed by atoms with Gasteiger partial charge in [-0.15, -0.1) is 0 Å². The van der Waals surface area contributed by atoms with Gasteiger partial charge in [0.25, 0.3) is 0 Å². The van der Waals surface area contributed by atoms with E-state index >= 15 is 0 Å². The number of fused-ring (bicyclic) bond motifs is 1. The van der Waals surface area contributed by atoms with Crippen LogP contribution in [0.3, 0.4) is 0 Å². The Labute approximate surface area is 75.9 Å². The molecule has 0 saturated heterocycles. The molecule has 1 aliphatic rings. The van der Waals surface area contributed by atoms with Gasteiger partial charge in [-0.1, -0.05) is 18.7 Å². The minimum absolute atomic E-state index is 0.0319. The Balaban J connectivity index is 2.73. The van der Waals surface area contributed by atoms with Crippen molar-refractivity contribution in [1.82, 2.24) is 0 Å². The first-order chi connectivity index (χ1) is 6.24. The van der Waals surface area contributed by atoms with Gasteiger partial charge in [-0.3, -0.25) is 4.79 Å². The summed E-state index contributed by atoms with van der Waals surface area (Å²) in [7, 11) is 0. The van der Waals surface area contributed by atoms with Gasteiger partial charge in [-0.05, 0) is 23.6 Å². The van der Waals surface area contributed by atoms with Gasteiger partial charge in [0, 0.05) is 12.0 Å². The van der Waals surface area contributed by atoms with Crippen molar-refractivity contribution in [3.63, 3.8) is 0 Å². The van der Waals surface area contributed by atoms with Crippen molar-refractivity contribution in [3.05, 3.63) is 41.2 Å². The van der Waals surface area contributed by atoms with Crippen molar-refractivity contribution in [3.8, 4) is 0 Å². The fourth-order valence-electron chi connectivity index (χ4n) is 1.75. The summed E-state index contributed by atoms with van der Waals surface area (Å²) in [4.78, 5) is 11.4. The summed E-state index contributed by atoms with van der Waals surface area (Å²) in [5.41, 5.74) is 1.84. The Hall–Kier alpha value is -1.44. The van der Waals surface area contributed by atoms with Crippen molar-refractivity contribution in [1.29, 1.82) is 0 Å². The maximum atomic E-state index is 13.2. The predicted molar refractivity (Wildman–Crippen MR) is 49.1 cm³/mol. The van der Waals surface area contributed by atoms with Gasteiger partial charge in [0.2, 0.25) is 0 Å². The first-order valence-electron chi connectivity index (χ1n) is 4.21. The number of hydrogen-bond donors (Lipinski definition) is 0. The zero-order valence-corrected chi connectivity index (χ0v) is 7.14. The SMILES string of the molecule is C=Cc1ccc(F)c2c1C(=O)CC2. The zero-order valence-electron chi connectivity index (χ0n) is 7.14. The number of halogens is 1. The van der Waals surface area contributed by atoms with Gasteiger partial charge < -0.3 is 0 Å². The van der Waals surface area contributed by atoms with E-state index in [0.29, 0.717) is 24.0 Å². The molecule has 2 rings (SSSR count). The minimum atomic E-state index is -0.272. The standard InChI is InChI=1S/C11H9FO/c1-2-7-3-5-9(12)8-4-6-10(13)11(7)8/h2-3,5H,1,4,6H2. The fraction of sp³-hybridized carbons (Fsp3) is 0.182. The molecule has 0 radical (unpaired) electrons. The maximum Gasteiger partial charge on any atom is 0.164 e. The van der Waals surface area contributed by atoms with Crippen LogP contribution in [0.15, 0.2) is 18.7 Å². The highest BCUT2D eigenvalue weighted by Gasteiger charge is 2.24. The van der Waals surface area contributed by atoms with Crippen LogP contribution < -0.4 is 0 Å². The molecule has 0 aromatic heterocycles. The van der Waals surface area contributed by atoms with Gasteiger partial charge in [-0.2, -0.15) is 0 Å². The number of Topliss-reactive ketones (excluding diaryl/α,β-unsaturated/α-hetero) is 1. The lowest BCUT2D eigenvalue weighted by Gasteiger charge is -2.03. The summed E-state index contributed by atoms with van der Waals surface area (Å²) in [5.74, 6) is -0.240. The molecule has 1 aliphatic carbocycles. The average molecular weight is 176 g/mol. The largest absolute Gasteiger partial charge is 0.294 e. The van der Waals surface area contributed by atoms with Crippen LogP contribution in [0.2, 0.25) is 0 Å². The third kappa shape index (κ3) is 1.10. The molecule has 0 amide bonds. The molecule has 1 aromatic carbocycles. The van der Waals surface area contributed by atoms with Crippen LogP contribution in [-0.4, -0.2) is 5.78 Å². The molecule has 1 aromatic rings. The summed E-state index contributed by atoms with van der Waals surface area (Å²) in [5, 5.41) is 0. The normalized spacial score (nSPS) is 14.4. The van der Waals surface area contributed by atoms with Crippen molar-refractivity contribution in [2.24, 2.45) is 0 Å². The fourth-order valence-corrected chi connectivity index (χ4v) is 1.75. The molecule has 0 spiro atoms. The summed E-state index contributed by atoms with van der Waals surface area (Å²) in [6.45, 7) is 3.60.